The topological polar surface area (TPSA) is 64.5 Å². The summed E-state index contributed by atoms with van der Waals surface area (Å²) in [6.45, 7) is 5.28. The molecule has 0 N–H and O–H groups in total. The van der Waals surface area contributed by atoms with E-state index in [4.69, 9.17) is 9.47 Å². The number of carbonyl (C=O) groups excluding carboxylic acids is 1. The van der Waals surface area contributed by atoms with Gasteiger partial charge in [0.1, 0.15) is 0 Å². The van der Waals surface area contributed by atoms with E-state index in [0.717, 1.165) is 31.5 Å². The second kappa shape index (κ2) is 7.24. The molecule has 6 heteroatoms. The molecule has 0 saturated carbocycles. The number of hydrogen-bond acceptors (Lipinski definition) is 6. The summed E-state index contributed by atoms with van der Waals surface area (Å²) in [5.74, 6) is 1.04. The van der Waals surface area contributed by atoms with Crippen molar-refractivity contribution in [3.63, 3.8) is 0 Å². The summed E-state index contributed by atoms with van der Waals surface area (Å²) in [7, 11) is 1.42. The minimum atomic E-state index is -0.190. The third-order valence-electron chi connectivity index (χ3n) is 3.63. The fraction of sp³-hybridized carbons (Fsp3) is 0.667. The van der Waals surface area contributed by atoms with Gasteiger partial charge in [0, 0.05) is 24.3 Å². The molecule has 1 fully saturated rings. The summed E-state index contributed by atoms with van der Waals surface area (Å²) in [4.78, 5) is 22.7. The van der Waals surface area contributed by atoms with Gasteiger partial charge >= 0.3 is 5.97 Å². The summed E-state index contributed by atoms with van der Waals surface area (Å²) in [5.41, 5.74) is 0.867. The van der Waals surface area contributed by atoms with Crippen molar-refractivity contribution in [2.24, 2.45) is 0 Å². The number of aromatic nitrogens is 2. The number of methoxy groups -OCH3 is 1. The first-order valence-corrected chi connectivity index (χ1v) is 7.46. The predicted molar refractivity (Wildman–Crippen MR) is 79.6 cm³/mol. The zero-order valence-corrected chi connectivity index (χ0v) is 13.0. The zero-order valence-electron chi connectivity index (χ0n) is 13.0. The van der Waals surface area contributed by atoms with Crippen LogP contribution in [-0.2, 0) is 9.53 Å². The Morgan fingerprint density at radius 1 is 1.43 bits per heavy atom. The van der Waals surface area contributed by atoms with Gasteiger partial charge < -0.3 is 14.4 Å². The van der Waals surface area contributed by atoms with Gasteiger partial charge in [-0.05, 0) is 33.1 Å². The van der Waals surface area contributed by atoms with Gasteiger partial charge in [-0.15, -0.1) is 0 Å². The van der Waals surface area contributed by atoms with E-state index in [1.54, 1.807) is 0 Å². The van der Waals surface area contributed by atoms with Crippen LogP contribution in [0.25, 0.3) is 0 Å². The van der Waals surface area contributed by atoms with Gasteiger partial charge in [0.2, 0.25) is 11.8 Å². The predicted octanol–water partition coefficient (Wildman–Crippen LogP) is 2.11. The van der Waals surface area contributed by atoms with E-state index in [1.165, 1.54) is 7.11 Å². The van der Waals surface area contributed by atoms with Crippen molar-refractivity contribution in [1.82, 2.24) is 9.97 Å². The molecule has 116 valence electrons. The highest BCUT2D eigenvalue weighted by Gasteiger charge is 2.27. The normalized spacial score (nSPS) is 18.4. The van der Waals surface area contributed by atoms with Crippen LogP contribution in [0, 0.1) is 6.92 Å². The van der Waals surface area contributed by atoms with Gasteiger partial charge in [-0.2, -0.15) is 4.98 Å². The number of nitrogens with zero attached hydrogens (tertiary/aromatic N) is 3. The Balaban J connectivity index is 2.21. The highest BCUT2D eigenvalue weighted by molar-refractivity contribution is 5.70. The molecule has 2 heterocycles. The Labute approximate surface area is 125 Å². The van der Waals surface area contributed by atoms with Crippen molar-refractivity contribution < 1.29 is 14.3 Å². The Bertz CT molecular complexity index is 493. The maximum absolute atomic E-state index is 11.6. The van der Waals surface area contributed by atoms with E-state index in [2.05, 4.69) is 14.9 Å². The lowest BCUT2D eigenvalue weighted by atomic mass is 10.00. The lowest BCUT2D eigenvalue weighted by molar-refractivity contribution is -0.141. The van der Waals surface area contributed by atoms with E-state index in [-0.39, 0.29) is 12.0 Å². The molecule has 0 spiro atoms. The molecule has 1 aliphatic heterocycles. The SMILES string of the molecule is CCOc1cc(C)nc(N2CCCCC2CC(=O)OC)n1. The quantitative estimate of drug-likeness (QED) is 0.775. The third-order valence-corrected chi connectivity index (χ3v) is 3.63. The van der Waals surface area contributed by atoms with Gasteiger partial charge in [0.05, 0.1) is 20.1 Å². The van der Waals surface area contributed by atoms with Gasteiger partial charge in [-0.25, -0.2) is 4.98 Å². The number of aryl methyl sites for hydroxylation is 1. The van der Waals surface area contributed by atoms with E-state index < -0.39 is 0 Å². The molecule has 0 radical (unpaired) electrons. The van der Waals surface area contributed by atoms with E-state index in [9.17, 15) is 4.79 Å². The van der Waals surface area contributed by atoms with Crippen LogP contribution >= 0.6 is 0 Å². The van der Waals surface area contributed by atoms with Crippen LogP contribution < -0.4 is 9.64 Å². The molecule has 1 saturated heterocycles. The zero-order chi connectivity index (χ0) is 15.2. The fourth-order valence-electron chi connectivity index (χ4n) is 2.63. The van der Waals surface area contributed by atoms with Crippen LogP contribution in [0.5, 0.6) is 5.88 Å². The monoisotopic (exact) mass is 293 g/mol. The lowest BCUT2D eigenvalue weighted by Gasteiger charge is -2.35. The first-order valence-electron chi connectivity index (χ1n) is 7.46. The molecule has 2 rings (SSSR count). The molecule has 1 aromatic rings. The van der Waals surface area contributed by atoms with Gasteiger partial charge in [-0.3, -0.25) is 4.79 Å². The molecule has 6 nitrogen and oxygen atoms in total. The number of hydrogen-bond donors (Lipinski definition) is 0. The Morgan fingerprint density at radius 2 is 2.24 bits per heavy atom. The molecule has 1 aliphatic rings. The highest BCUT2D eigenvalue weighted by Crippen LogP contribution is 2.26. The van der Waals surface area contributed by atoms with Crippen LogP contribution in [0.2, 0.25) is 0 Å². The van der Waals surface area contributed by atoms with Gasteiger partial charge in [0.15, 0.2) is 0 Å². The molecule has 21 heavy (non-hydrogen) atoms. The van der Waals surface area contributed by atoms with E-state index in [0.29, 0.717) is 24.9 Å². The Kier molecular flexibility index (Phi) is 5.36. The summed E-state index contributed by atoms with van der Waals surface area (Å²) in [6, 6.07) is 1.93. The molecule has 1 atom stereocenters. The molecule has 1 aromatic heterocycles. The van der Waals surface area contributed by atoms with Crippen molar-refractivity contribution in [3.05, 3.63) is 11.8 Å². The minimum Gasteiger partial charge on any atom is -0.478 e. The van der Waals surface area contributed by atoms with Crippen LogP contribution in [0.15, 0.2) is 6.07 Å². The number of anilines is 1. The van der Waals surface area contributed by atoms with Crippen LogP contribution in [0.4, 0.5) is 5.95 Å². The van der Waals surface area contributed by atoms with Crippen molar-refractivity contribution in [2.75, 3.05) is 25.2 Å². The first kappa shape index (κ1) is 15.5. The molecule has 0 aromatic carbocycles. The number of piperidine rings is 1. The third kappa shape index (κ3) is 4.06. The first-order chi connectivity index (χ1) is 10.1. The van der Waals surface area contributed by atoms with Crippen LogP contribution in [-0.4, -0.2) is 42.2 Å². The Morgan fingerprint density at radius 3 is 2.95 bits per heavy atom. The summed E-state index contributed by atoms with van der Waals surface area (Å²) < 4.78 is 10.3. The fourth-order valence-corrected chi connectivity index (χ4v) is 2.63. The number of carbonyl (C=O) groups is 1. The van der Waals surface area contributed by atoms with Crippen molar-refractivity contribution >= 4 is 11.9 Å². The van der Waals surface area contributed by atoms with E-state index >= 15 is 0 Å². The average molecular weight is 293 g/mol. The maximum Gasteiger partial charge on any atom is 0.307 e. The second-order valence-electron chi connectivity index (χ2n) is 5.20. The number of ether oxygens (including phenoxy) is 2. The summed E-state index contributed by atoms with van der Waals surface area (Å²) in [6.07, 6.45) is 3.52. The number of rotatable bonds is 5. The smallest absolute Gasteiger partial charge is 0.307 e. The van der Waals surface area contributed by atoms with Gasteiger partial charge in [-0.1, -0.05) is 0 Å². The number of esters is 1. The second-order valence-corrected chi connectivity index (χ2v) is 5.20. The lowest BCUT2D eigenvalue weighted by Crippen LogP contribution is -2.42. The Hall–Kier alpha value is -1.85. The van der Waals surface area contributed by atoms with Crippen LogP contribution in [0.1, 0.15) is 38.3 Å². The molecule has 1 unspecified atom stereocenters. The largest absolute Gasteiger partial charge is 0.478 e. The van der Waals surface area contributed by atoms with E-state index in [1.807, 2.05) is 19.9 Å². The molecule has 0 aliphatic carbocycles. The molecular formula is C15H23N3O3. The van der Waals surface area contributed by atoms with Crippen LogP contribution in [0.3, 0.4) is 0 Å². The standard InChI is InChI=1S/C15H23N3O3/c1-4-21-13-9-11(2)16-15(17-13)18-8-6-5-7-12(18)10-14(19)20-3/h9,12H,4-8,10H2,1-3H3. The van der Waals surface area contributed by atoms with Crippen molar-refractivity contribution in [1.29, 1.82) is 0 Å². The van der Waals surface area contributed by atoms with Crippen molar-refractivity contribution in [3.8, 4) is 5.88 Å². The highest BCUT2D eigenvalue weighted by atomic mass is 16.5. The molecular weight excluding hydrogens is 270 g/mol. The van der Waals surface area contributed by atoms with Crippen molar-refractivity contribution in [2.45, 2.75) is 45.6 Å². The maximum atomic E-state index is 11.6. The summed E-state index contributed by atoms with van der Waals surface area (Å²) in [5, 5.41) is 0. The molecule has 0 amide bonds. The molecule has 0 bridgehead atoms. The average Bonchev–Trinajstić information content (AvgIpc) is 2.47. The van der Waals surface area contributed by atoms with Gasteiger partial charge in [0.25, 0.3) is 0 Å². The summed E-state index contributed by atoms with van der Waals surface area (Å²) >= 11 is 0. The minimum absolute atomic E-state index is 0.0995.